The molecule has 1 N–H and O–H groups in total. The standard InChI is InChI=1S/C21H27NO3/c1-3-5-9-14-22-21(23)17-12-13-20(24-4-2)18(15-17)16-25-19-10-7-6-8-11-19/h6-8,10-13,15H,3-5,9,14,16H2,1-2H3,(H,22,23). The largest absolute Gasteiger partial charge is 0.493 e. The minimum absolute atomic E-state index is 0.0555. The molecule has 134 valence electrons. The summed E-state index contributed by atoms with van der Waals surface area (Å²) in [4.78, 5) is 12.3. The van der Waals surface area contributed by atoms with Crippen molar-refractivity contribution >= 4 is 5.91 Å². The van der Waals surface area contributed by atoms with Gasteiger partial charge >= 0.3 is 0 Å². The molecule has 4 heteroatoms. The highest BCUT2D eigenvalue weighted by molar-refractivity contribution is 5.94. The van der Waals surface area contributed by atoms with Crippen LogP contribution in [-0.4, -0.2) is 19.1 Å². The van der Waals surface area contributed by atoms with Crippen LogP contribution in [0, 0.1) is 0 Å². The Balaban J connectivity index is 2.05. The van der Waals surface area contributed by atoms with Crippen molar-refractivity contribution in [3.63, 3.8) is 0 Å². The Morgan fingerprint density at radius 2 is 1.80 bits per heavy atom. The van der Waals surface area contributed by atoms with Gasteiger partial charge in [-0.3, -0.25) is 4.79 Å². The fraction of sp³-hybridized carbons (Fsp3) is 0.381. The lowest BCUT2D eigenvalue weighted by atomic mass is 10.1. The Kier molecular flexibility index (Phi) is 7.83. The molecule has 0 atom stereocenters. The molecule has 4 nitrogen and oxygen atoms in total. The van der Waals surface area contributed by atoms with Crippen LogP contribution in [0.1, 0.15) is 49.0 Å². The zero-order valence-corrected chi connectivity index (χ0v) is 15.1. The third-order valence-corrected chi connectivity index (χ3v) is 3.83. The molecule has 0 aliphatic rings. The summed E-state index contributed by atoms with van der Waals surface area (Å²) in [5, 5.41) is 2.97. The molecular weight excluding hydrogens is 314 g/mol. The van der Waals surface area contributed by atoms with Crippen LogP contribution >= 0.6 is 0 Å². The van der Waals surface area contributed by atoms with Gasteiger partial charge in [0.15, 0.2) is 0 Å². The van der Waals surface area contributed by atoms with Gasteiger partial charge in [-0.15, -0.1) is 0 Å². The number of carbonyl (C=O) groups excluding carboxylic acids is 1. The van der Waals surface area contributed by atoms with Gasteiger partial charge in [-0.05, 0) is 43.7 Å². The molecule has 0 aliphatic heterocycles. The van der Waals surface area contributed by atoms with Crippen LogP contribution in [-0.2, 0) is 6.61 Å². The Labute approximate surface area is 150 Å². The van der Waals surface area contributed by atoms with Crippen LogP contribution in [0.4, 0.5) is 0 Å². The van der Waals surface area contributed by atoms with Crippen LogP contribution in [0.3, 0.4) is 0 Å². The van der Waals surface area contributed by atoms with Gasteiger partial charge in [-0.1, -0.05) is 38.0 Å². The van der Waals surface area contributed by atoms with Crippen molar-refractivity contribution in [2.45, 2.75) is 39.7 Å². The van der Waals surface area contributed by atoms with E-state index >= 15 is 0 Å². The van der Waals surface area contributed by atoms with E-state index in [9.17, 15) is 4.79 Å². The van der Waals surface area contributed by atoms with E-state index < -0.39 is 0 Å². The van der Waals surface area contributed by atoms with Crippen LogP contribution in [0.15, 0.2) is 48.5 Å². The highest BCUT2D eigenvalue weighted by atomic mass is 16.5. The summed E-state index contributed by atoms with van der Waals surface area (Å²) in [7, 11) is 0. The minimum Gasteiger partial charge on any atom is -0.493 e. The van der Waals surface area contributed by atoms with Crippen LogP contribution in [0.2, 0.25) is 0 Å². The zero-order chi connectivity index (χ0) is 17.9. The number of hydrogen-bond donors (Lipinski definition) is 1. The van der Waals surface area contributed by atoms with Gasteiger partial charge < -0.3 is 14.8 Å². The summed E-state index contributed by atoms with van der Waals surface area (Å²) in [5.74, 6) is 1.49. The van der Waals surface area contributed by atoms with E-state index in [2.05, 4.69) is 12.2 Å². The molecule has 0 aliphatic carbocycles. The van der Waals surface area contributed by atoms with Gasteiger partial charge in [0.1, 0.15) is 18.1 Å². The number of carbonyl (C=O) groups is 1. The van der Waals surface area contributed by atoms with Crippen molar-refractivity contribution in [2.75, 3.05) is 13.2 Å². The number of para-hydroxylation sites is 1. The first-order chi connectivity index (χ1) is 12.2. The normalized spacial score (nSPS) is 10.3. The number of rotatable bonds is 10. The lowest BCUT2D eigenvalue weighted by Crippen LogP contribution is -2.24. The molecule has 2 rings (SSSR count). The molecule has 0 bridgehead atoms. The summed E-state index contributed by atoms with van der Waals surface area (Å²) in [6.45, 7) is 5.72. The summed E-state index contributed by atoms with van der Waals surface area (Å²) < 4.78 is 11.5. The van der Waals surface area contributed by atoms with Crippen LogP contribution < -0.4 is 14.8 Å². The van der Waals surface area contributed by atoms with Crippen molar-refractivity contribution < 1.29 is 14.3 Å². The Morgan fingerprint density at radius 3 is 2.52 bits per heavy atom. The number of unbranched alkanes of at least 4 members (excludes halogenated alkanes) is 2. The van der Waals surface area contributed by atoms with Crippen molar-refractivity contribution in [3.05, 3.63) is 59.7 Å². The molecule has 2 aromatic carbocycles. The van der Waals surface area contributed by atoms with Crippen LogP contribution in [0.5, 0.6) is 11.5 Å². The molecule has 0 spiro atoms. The van der Waals surface area contributed by atoms with Crippen molar-refractivity contribution in [2.24, 2.45) is 0 Å². The quantitative estimate of drug-likeness (QED) is 0.643. The predicted molar refractivity (Wildman–Crippen MR) is 100 cm³/mol. The molecule has 25 heavy (non-hydrogen) atoms. The van der Waals surface area contributed by atoms with E-state index in [1.54, 1.807) is 6.07 Å². The minimum atomic E-state index is -0.0555. The van der Waals surface area contributed by atoms with E-state index in [0.29, 0.717) is 25.3 Å². The first-order valence-electron chi connectivity index (χ1n) is 8.96. The number of hydrogen-bond acceptors (Lipinski definition) is 3. The van der Waals surface area contributed by atoms with E-state index in [1.165, 1.54) is 0 Å². The topological polar surface area (TPSA) is 47.6 Å². The number of amides is 1. The fourth-order valence-corrected chi connectivity index (χ4v) is 2.49. The summed E-state index contributed by atoms with van der Waals surface area (Å²) in [6.07, 6.45) is 3.27. The maximum atomic E-state index is 12.3. The second kappa shape index (κ2) is 10.4. The highest BCUT2D eigenvalue weighted by Gasteiger charge is 2.11. The summed E-state index contributed by atoms with van der Waals surface area (Å²) in [5.41, 5.74) is 1.50. The molecule has 0 aromatic heterocycles. The molecule has 2 aromatic rings. The van der Waals surface area contributed by atoms with Crippen molar-refractivity contribution in [1.82, 2.24) is 5.32 Å². The van der Waals surface area contributed by atoms with Gasteiger partial charge in [-0.2, -0.15) is 0 Å². The first-order valence-corrected chi connectivity index (χ1v) is 8.96. The molecule has 1 amide bonds. The SMILES string of the molecule is CCCCCNC(=O)c1ccc(OCC)c(COc2ccccc2)c1. The molecule has 0 fully saturated rings. The molecule has 0 heterocycles. The summed E-state index contributed by atoms with van der Waals surface area (Å²) >= 11 is 0. The molecule has 0 unspecified atom stereocenters. The lowest BCUT2D eigenvalue weighted by molar-refractivity contribution is 0.0952. The van der Waals surface area contributed by atoms with Crippen molar-refractivity contribution in [1.29, 1.82) is 0 Å². The molecule has 0 saturated heterocycles. The average molecular weight is 341 g/mol. The monoisotopic (exact) mass is 341 g/mol. The van der Waals surface area contributed by atoms with Crippen molar-refractivity contribution in [3.8, 4) is 11.5 Å². The second-order valence-corrected chi connectivity index (χ2v) is 5.82. The zero-order valence-electron chi connectivity index (χ0n) is 15.1. The van der Waals surface area contributed by atoms with Gasteiger partial charge in [0.2, 0.25) is 0 Å². The Hall–Kier alpha value is -2.49. The molecule has 0 radical (unpaired) electrons. The first kappa shape index (κ1) is 18.8. The highest BCUT2D eigenvalue weighted by Crippen LogP contribution is 2.22. The van der Waals surface area contributed by atoms with E-state index in [0.717, 1.165) is 36.3 Å². The maximum absolute atomic E-state index is 12.3. The maximum Gasteiger partial charge on any atom is 0.251 e. The predicted octanol–water partition coefficient (Wildman–Crippen LogP) is 4.58. The Bertz CT molecular complexity index is 655. The van der Waals surface area contributed by atoms with Gasteiger partial charge in [0.25, 0.3) is 5.91 Å². The number of ether oxygens (including phenoxy) is 2. The van der Waals surface area contributed by atoms with Gasteiger partial charge in [-0.25, -0.2) is 0 Å². The molecular formula is C21H27NO3. The van der Waals surface area contributed by atoms with Gasteiger partial charge in [0.05, 0.1) is 6.61 Å². The fourth-order valence-electron chi connectivity index (χ4n) is 2.49. The number of benzene rings is 2. The third kappa shape index (κ3) is 6.14. The van der Waals surface area contributed by atoms with E-state index in [4.69, 9.17) is 9.47 Å². The summed E-state index contributed by atoms with van der Waals surface area (Å²) in [6, 6.07) is 15.1. The smallest absolute Gasteiger partial charge is 0.251 e. The van der Waals surface area contributed by atoms with Crippen LogP contribution in [0.25, 0.3) is 0 Å². The molecule has 0 saturated carbocycles. The number of nitrogens with one attached hydrogen (secondary N) is 1. The van der Waals surface area contributed by atoms with E-state index in [1.807, 2.05) is 49.4 Å². The third-order valence-electron chi connectivity index (χ3n) is 3.83. The lowest BCUT2D eigenvalue weighted by Gasteiger charge is -2.13. The Morgan fingerprint density at radius 1 is 1.00 bits per heavy atom. The van der Waals surface area contributed by atoms with E-state index in [-0.39, 0.29) is 5.91 Å². The van der Waals surface area contributed by atoms with Gasteiger partial charge in [0, 0.05) is 17.7 Å². The average Bonchev–Trinajstić information content (AvgIpc) is 2.65. The second-order valence-electron chi connectivity index (χ2n) is 5.82.